The Morgan fingerprint density at radius 1 is 0.769 bits per heavy atom. The third-order valence-electron chi connectivity index (χ3n) is 3.87. The fourth-order valence-corrected chi connectivity index (χ4v) is 2.63. The average molecular weight is 365 g/mol. The van der Waals surface area contributed by atoms with Gasteiger partial charge in [0.05, 0.1) is 0 Å². The first-order chi connectivity index (χ1) is 12.5. The van der Waals surface area contributed by atoms with E-state index in [0.717, 1.165) is 5.56 Å². The van der Waals surface area contributed by atoms with Gasteiger partial charge in [-0.15, -0.1) is 0 Å². The van der Waals surface area contributed by atoms with Crippen LogP contribution in [0.1, 0.15) is 26.3 Å². The van der Waals surface area contributed by atoms with Crippen molar-refractivity contribution in [3.05, 3.63) is 94.5 Å². The minimum absolute atomic E-state index is 0.228. The van der Waals surface area contributed by atoms with Gasteiger partial charge in [0.1, 0.15) is 0 Å². The highest BCUT2D eigenvalue weighted by Crippen LogP contribution is 2.21. The number of nitrogens with one attached hydrogen (secondary N) is 2. The molecule has 0 aliphatic rings. The highest BCUT2D eigenvalue weighted by Gasteiger charge is 2.11. The number of carbonyl (C=O) groups is 2. The second-order valence-corrected chi connectivity index (χ2v) is 6.25. The van der Waals surface area contributed by atoms with Gasteiger partial charge in [0.15, 0.2) is 0 Å². The molecule has 5 heteroatoms. The highest BCUT2D eigenvalue weighted by molar-refractivity contribution is 6.31. The minimum Gasteiger partial charge on any atom is -0.322 e. The zero-order chi connectivity index (χ0) is 18.5. The molecule has 2 amide bonds. The monoisotopic (exact) mass is 364 g/mol. The van der Waals surface area contributed by atoms with Crippen LogP contribution in [0.25, 0.3) is 0 Å². The predicted octanol–water partition coefficient (Wildman–Crippen LogP) is 5.15. The molecule has 26 heavy (non-hydrogen) atoms. The Balaban J connectivity index is 1.75. The number of halogens is 1. The van der Waals surface area contributed by atoms with Crippen LogP contribution >= 0.6 is 11.6 Å². The van der Waals surface area contributed by atoms with Crippen molar-refractivity contribution < 1.29 is 9.59 Å². The third kappa shape index (κ3) is 4.29. The van der Waals surface area contributed by atoms with Gasteiger partial charge in [-0.1, -0.05) is 41.9 Å². The van der Waals surface area contributed by atoms with Gasteiger partial charge >= 0.3 is 0 Å². The second-order valence-electron chi connectivity index (χ2n) is 5.81. The van der Waals surface area contributed by atoms with Gasteiger partial charge in [0.2, 0.25) is 0 Å². The lowest BCUT2D eigenvalue weighted by Crippen LogP contribution is -2.15. The Labute approximate surface area is 156 Å². The molecule has 0 fully saturated rings. The van der Waals surface area contributed by atoms with Crippen LogP contribution in [-0.4, -0.2) is 11.8 Å². The molecule has 0 aliphatic heterocycles. The van der Waals surface area contributed by atoms with E-state index in [1.807, 2.05) is 19.1 Å². The highest BCUT2D eigenvalue weighted by atomic mass is 35.5. The zero-order valence-corrected chi connectivity index (χ0v) is 14.9. The molecule has 0 aromatic heterocycles. The zero-order valence-electron chi connectivity index (χ0n) is 14.1. The van der Waals surface area contributed by atoms with Crippen molar-refractivity contribution in [3.8, 4) is 0 Å². The van der Waals surface area contributed by atoms with Crippen molar-refractivity contribution in [1.29, 1.82) is 0 Å². The Hall–Kier alpha value is -3.11. The Morgan fingerprint density at radius 2 is 1.46 bits per heavy atom. The molecule has 130 valence electrons. The molecule has 3 aromatic rings. The van der Waals surface area contributed by atoms with Crippen molar-refractivity contribution in [2.75, 3.05) is 10.6 Å². The van der Waals surface area contributed by atoms with Gasteiger partial charge in [0.25, 0.3) is 11.8 Å². The first kappa shape index (κ1) is 17.7. The minimum atomic E-state index is -0.272. The van der Waals surface area contributed by atoms with Gasteiger partial charge in [-0.2, -0.15) is 0 Å². The molecule has 0 saturated carbocycles. The molecule has 0 heterocycles. The molecule has 0 saturated heterocycles. The van der Waals surface area contributed by atoms with Crippen LogP contribution < -0.4 is 10.6 Å². The first-order valence-electron chi connectivity index (χ1n) is 8.07. The van der Waals surface area contributed by atoms with Gasteiger partial charge in [-0.3, -0.25) is 9.59 Å². The summed E-state index contributed by atoms with van der Waals surface area (Å²) in [5.41, 5.74) is 3.11. The van der Waals surface area contributed by atoms with E-state index >= 15 is 0 Å². The van der Waals surface area contributed by atoms with Crippen molar-refractivity contribution in [2.24, 2.45) is 0 Å². The van der Waals surface area contributed by atoms with Gasteiger partial charge in [-0.05, 0) is 55.0 Å². The number of anilines is 2. The summed E-state index contributed by atoms with van der Waals surface area (Å²) in [5.74, 6) is -0.500. The summed E-state index contributed by atoms with van der Waals surface area (Å²) in [5, 5.41) is 6.19. The summed E-state index contributed by atoms with van der Waals surface area (Å²) < 4.78 is 0. The van der Waals surface area contributed by atoms with Crippen molar-refractivity contribution in [3.63, 3.8) is 0 Å². The summed E-state index contributed by atoms with van der Waals surface area (Å²) in [6.45, 7) is 1.89. The van der Waals surface area contributed by atoms with Crippen molar-refractivity contribution >= 4 is 34.8 Å². The first-order valence-corrected chi connectivity index (χ1v) is 8.45. The van der Waals surface area contributed by atoms with Crippen molar-refractivity contribution in [2.45, 2.75) is 6.92 Å². The summed E-state index contributed by atoms with van der Waals surface area (Å²) in [6.07, 6.45) is 0. The van der Waals surface area contributed by atoms with E-state index in [1.165, 1.54) is 0 Å². The maximum absolute atomic E-state index is 12.5. The number of carbonyl (C=O) groups excluding carboxylic acids is 2. The summed E-state index contributed by atoms with van der Waals surface area (Å²) >= 11 is 5.99. The van der Waals surface area contributed by atoms with E-state index in [9.17, 15) is 9.59 Å². The lowest BCUT2D eigenvalue weighted by Gasteiger charge is -2.10. The molecule has 3 aromatic carbocycles. The Bertz CT molecular complexity index is 955. The molecule has 4 nitrogen and oxygen atoms in total. The Kier molecular flexibility index (Phi) is 5.34. The van der Waals surface area contributed by atoms with Gasteiger partial charge < -0.3 is 10.6 Å². The largest absolute Gasteiger partial charge is 0.322 e. The predicted molar refractivity (Wildman–Crippen MR) is 105 cm³/mol. The summed E-state index contributed by atoms with van der Waals surface area (Å²) in [6, 6.07) is 21.0. The average Bonchev–Trinajstić information content (AvgIpc) is 2.65. The van der Waals surface area contributed by atoms with E-state index in [4.69, 9.17) is 11.6 Å². The van der Waals surface area contributed by atoms with Crippen LogP contribution in [-0.2, 0) is 0 Å². The fourth-order valence-electron chi connectivity index (χ4n) is 2.45. The molecule has 0 unspecified atom stereocenters. The number of amides is 2. The number of rotatable bonds is 4. The van der Waals surface area contributed by atoms with Crippen LogP contribution in [0.4, 0.5) is 11.4 Å². The molecular formula is C21H17ClN2O2. The normalized spacial score (nSPS) is 10.2. The van der Waals surface area contributed by atoms with E-state index in [0.29, 0.717) is 27.5 Å². The van der Waals surface area contributed by atoms with Crippen LogP contribution in [0.5, 0.6) is 0 Å². The van der Waals surface area contributed by atoms with Gasteiger partial charge in [0, 0.05) is 27.5 Å². The van der Waals surface area contributed by atoms with Crippen molar-refractivity contribution in [1.82, 2.24) is 0 Å². The second kappa shape index (κ2) is 7.85. The number of hydrogen-bond donors (Lipinski definition) is 2. The lowest BCUT2D eigenvalue weighted by atomic mass is 10.1. The quantitative estimate of drug-likeness (QED) is 0.672. The molecule has 2 N–H and O–H groups in total. The van der Waals surface area contributed by atoms with Crippen LogP contribution in [0.2, 0.25) is 5.02 Å². The fraction of sp³-hybridized carbons (Fsp3) is 0.0476. The lowest BCUT2D eigenvalue weighted by molar-refractivity contribution is 0.101. The number of benzene rings is 3. The van der Waals surface area contributed by atoms with Crippen LogP contribution in [0.3, 0.4) is 0 Å². The molecule has 0 bridgehead atoms. The number of aryl methyl sites for hydroxylation is 1. The summed E-state index contributed by atoms with van der Waals surface area (Å²) in [4.78, 5) is 24.8. The standard InChI is InChI=1S/C21H17ClN2O2/c1-14-10-11-17(22)13-19(14)24-21(26)16-8-5-9-18(12-16)23-20(25)15-6-3-2-4-7-15/h2-13H,1H3,(H,23,25)(H,24,26). The topological polar surface area (TPSA) is 58.2 Å². The molecule has 0 radical (unpaired) electrons. The molecular weight excluding hydrogens is 348 g/mol. The Morgan fingerprint density at radius 3 is 2.23 bits per heavy atom. The number of hydrogen-bond acceptors (Lipinski definition) is 2. The van der Waals surface area contributed by atoms with Crippen LogP contribution in [0.15, 0.2) is 72.8 Å². The molecule has 0 atom stereocenters. The molecule has 0 spiro atoms. The maximum Gasteiger partial charge on any atom is 0.255 e. The SMILES string of the molecule is Cc1ccc(Cl)cc1NC(=O)c1cccc(NC(=O)c2ccccc2)c1. The summed E-state index contributed by atoms with van der Waals surface area (Å²) in [7, 11) is 0. The van der Waals surface area contributed by atoms with Gasteiger partial charge in [-0.25, -0.2) is 0 Å². The molecule has 3 rings (SSSR count). The van der Waals surface area contributed by atoms with E-state index in [1.54, 1.807) is 60.7 Å². The molecule has 0 aliphatic carbocycles. The van der Waals surface area contributed by atoms with Crippen LogP contribution in [0, 0.1) is 6.92 Å². The van der Waals surface area contributed by atoms with E-state index in [2.05, 4.69) is 10.6 Å². The third-order valence-corrected chi connectivity index (χ3v) is 4.10. The smallest absolute Gasteiger partial charge is 0.255 e. The maximum atomic E-state index is 12.5. The van der Waals surface area contributed by atoms with E-state index in [-0.39, 0.29) is 11.8 Å². The van der Waals surface area contributed by atoms with E-state index < -0.39 is 0 Å².